The molecule has 1 aromatic heterocycles. The first kappa shape index (κ1) is 19.3. The van der Waals surface area contributed by atoms with Crippen LogP contribution in [0.4, 0.5) is 5.13 Å². The number of hydrogen-bond donors (Lipinski definition) is 1. The number of hydrogen-bond acceptors (Lipinski definition) is 4. The van der Waals surface area contributed by atoms with Crippen molar-refractivity contribution in [2.24, 2.45) is 5.41 Å². The van der Waals surface area contributed by atoms with Crippen LogP contribution in [0, 0.1) is 19.3 Å². The summed E-state index contributed by atoms with van der Waals surface area (Å²) in [4.78, 5) is 17.0. The van der Waals surface area contributed by atoms with E-state index in [1.807, 2.05) is 50.4 Å². The van der Waals surface area contributed by atoms with E-state index in [0.29, 0.717) is 0 Å². The largest absolute Gasteiger partial charge is 0.365 e. The number of benzene rings is 2. The Morgan fingerprint density at radius 1 is 1.00 bits per heavy atom. The van der Waals surface area contributed by atoms with Gasteiger partial charge in [-0.25, -0.2) is 4.98 Å². The molecule has 1 aliphatic rings. The second kappa shape index (κ2) is 7.65. The van der Waals surface area contributed by atoms with Gasteiger partial charge in [-0.3, -0.25) is 0 Å². The van der Waals surface area contributed by atoms with Crippen molar-refractivity contribution in [2.75, 3.05) is 12.4 Å². The molecule has 27 heavy (non-hydrogen) atoms. The van der Waals surface area contributed by atoms with Crippen LogP contribution in [0.5, 0.6) is 0 Å². The van der Waals surface area contributed by atoms with Gasteiger partial charge in [0.15, 0.2) is 5.13 Å². The number of aryl methyl sites for hydroxylation is 2. The van der Waals surface area contributed by atoms with E-state index in [4.69, 9.17) is 0 Å². The Morgan fingerprint density at radius 2 is 1.52 bits per heavy atom. The topological polar surface area (TPSA) is 42.0 Å². The van der Waals surface area contributed by atoms with Gasteiger partial charge in [-0.2, -0.15) is 0 Å². The Hall–Kier alpha value is -2.46. The molecule has 0 saturated heterocycles. The molecule has 0 aliphatic heterocycles. The predicted octanol–water partition coefficient (Wildman–Crippen LogP) is 5.38. The molecule has 3 nitrogen and oxygen atoms in total. The lowest BCUT2D eigenvalue weighted by atomic mass is 9.81. The van der Waals surface area contributed by atoms with Crippen LogP contribution < -0.4 is 5.32 Å². The fourth-order valence-electron chi connectivity index (χ4n) is 3.70. The highest BCUT2D eigenvalue weighted by atomic mass is 32.1. The van der Waals surface area contributed by atoms with Crippen molar-refractivity contribution in [2.45, 2.75) is 32.6 Å². The molecule has 1 aliphatic carbocycles. The van der Waals surface area contributed by atoms with Gasteiger partial charge >= 0.3 is 0 Å². The quantitative estimate of drug-likeness (QED) is 0.620. The van der Waals surface area contributed by atoms with E-state index in [1.54, 1.807) is 11.3 Å². The molecule has 1 unspecified atom stereocenters. The van der Waals surface area contributed by atoms with Gasteiger partial charge in [-0.1, -0.05) is 67.6 Å². The summed E-state index contributed by atoms with van der Waals surface area (Å²) in [5.74, 6) is 0. The maximum Gasteiger partial charge on any atom is 0.182 e. The summed E-state index contributed by atoms with van der Waals surface area (Å²) in [7, 11) is 1.89. The Bertz CT molecular complexity index is 846. The summed E-state index contributed by atoms with van der Waals surface area (Å²) in [6.45, 7) is 6.15. The highest BCUT2D eigenvalue weighted by Gasteiger charge is 2.66. The molecule has 2 aromatic carbocycles. The van der Waals surface area contributed by atoms with Crippen LogP contribution >= 0.6 is 11.3 Å². The number of carbonyl (C=O) groups is 1. The number of thiazole rings is 1. The van der Waals surface area contributed by atoms with Gasteiger partial charge in [0.25, 0.3) is 0 Å². The number of nitrogens with zero attached hydrogens (tertiary/aromatic N) is 1. The fraction of sp³-hybridized carbons (Fsp3) is 0.304. The third-order valence-corrected chi connectivity index (χ3v) is 6.61. The first-order valence-corrected chi connectivity index (χ1v) is 9.97. The number of carbonyl (C=O) groups excluding carboxylic acids is 1. The van der Waals surface area contributed by atoms with Crippen molar-refractivity contribution in [1.29, 1.82) is 0 Å². The summed E-state index contributed by atoms with van der Waals surface area (Å²) >= 11 is 1.69. The van der Waals surface area contributed by atoms with Gasteiger partial charge in [0, 0.05) is 22.8 Å². The van der Waals surface area contributed by atoms with E-state index in [2.05, 4.69) is 48.4 Å². The number of anilines is 1. The van der Waals surface area contributed by atoms with Crippen molar-refractivity contribution < 1.29 is 4.79 Å². The molecule has 4 rings (SSSR count). The molecule has 0 radical (unpaired) electrons. The first-order valence-electron chi connectivity index (χ1n) is 9.16. The van der Waals surface area contributed by atoms with Gasteiger partial charge in [0.2, 0.25) is 0 Å². The van der Waals surface area contributed by atoms with E-state index in [9.17, 15) is 4.79 Å². The van der Waals surface area contributed by atoms with Crippen LogP contribution in [0.15, 0.2) is 60.7 Å². The van der Waals surface area contributed by atoms with Crippen LogP contribution in [0.25, 0.3) is 0 Å². The standard InChI is InChI=1S/C17H16O.C6H10N2S/c1-16(13-18)12-17(16,14-8-4-2-5-9-14)15-10-6-3-7-11-15;1-4-5(2)9-6(7-3)8-4/h2-11,13H,12H2,1H3;1-3H3,(H,7,8). The Morgan fingerprint density at radius 3 is 1.81 bits per heavy atom. The normalized spacial score (nSPS) is 19.6. The molecular formula is C23H26N2OS. The molecule has 1 saturated carbocycles. The average Bonchev–Trinajstić information content (AvgIpc) is 3.23. The molecular weight excluding hydrogens is 352 g/mol. The van der Waals surface area contributed by atoms with Gasteiger partial charge in [-0.15, -0.1) is 11.3 Å². The Labute approximate surface area is 165 Å². The smallest absolute Gasteiger partial charge is 0.182 e. The molecule has 1 atom stereocenters. The summed E-state index contributed by atoms with van der Waals surface area (Å²) in [5, 5.41) is 4.00. The van der Waals surface area contributed by atoms with Crippen molar-refractivity contribution >= 4 is 22.8 Å². The fourth-order valence-corrected chi connectivity index (χ4v) is 4.47. The molecule has 1 N–H and O–H groups in total. The monoisotopic (exact) mass is 378 g/mol. The number of rotatable bonds is 4. The van der Waals surface area contributed by atoms with E-state index in [1.165, 1.54) is 16.0 Å². The van der Waals surface area contributed by atoms with Crippen LogP contribution in [0.2, 0.25) is 0 Å². The molecule has 0 amide bonds. The van der Waals surface area contributed by atoms with Gasteiger partial charge < -0.3 is 10.1 Å². The van der Waals surface area contributed by atoms with E-state index >= 15 is 0 Å². The molecule has 0 spiro atoms. The Kier molecular flexibility index (Phi) is 5.47. The highest BCUT2D eigenvalue weighted by Crippen LogP contribution is 2.66. The maximum absolute atomic E-state index is 11.5. The maximum atomic E-state index is 11.5. The van der Waals surface area contributed by atoms with Gasteiger partial charge in [0.05, 0.1) is 5.69 Å². The SMILES string of the molecule is CC1(C=O)CC1(c1ccccc1)c1ccccc1.CNc1nc(C)c(C)s1. The minimum absolute atomic E-state index is 0.128. The summed E-state index contributed by atoms with van der Waals surface area (Å²) in [6, 6.07) is 20.7. The van der Waals surface area contributed by atoms with Crippen LogP contribution in [0.1, 0.15) is 35.0 Å². The average molecular weight is 379 g/mol. The van der Waals surface area contributed by atoms with Crippen molar-refractivity contribution in [3.8, 4) is 0 Å². The molecule has 140 valence electrons. The lowest BCUT2D eigenvalue weighted by Crippen LogP contribution is -2.19. The third kappa shape index (κ3) is 3.54. The van der Waals surface area contributed by atoms with E-state index in [-0.39, 0.29) is 10.8 Å². The second-order valence-corrected chi connectivity index (χ2v) is 8.46. The summed E-state index contributed by atoms with van der Waals surface area (Å²) in [6.07, 6.45) is 2.02. The molecule has 1 heterocycles. The zero-order valence-corrected chi connectivity index (χ0v) is 17.1. The third-order valence-electron chi connectivity index (χ3n) is 5.52. The van der Waals surface area contributed by atoms with Gasteiger partial charge in [-0.05, 0) is 31.4 Å². The van der Waals surface area contributed by atoms with E-state index in [0.717, 1.165) is 23.5 Å². The molecule has 4 heteroatoms. The first-order chi connectivity index (χ1) is 13.0. The molecule has 0 bridgehead atoms. The minimum atomic E-state index is -0.268. The van der Waals surface area contributed by atoms with Gasteiger partial charge in [0.1, 0.15) is 6.29 Å². The zero-order valence-electron chi connectivity index (χ0n) is 16.3. The molecule has 3 aromatic rings. The summed E-state index contributed by atoms with van der Waals surface area (Å²) < 4.78 is 0. The van der Waals surface area contributed by atoms with Crippen molar-refractivity contribution in [3.05, 3.63) is 82.4 Å². The second-order valence-electron chi connectivity index (χ2n) is 7.26. The van der Waals surface area contributed by atoms with Crippen LogP contribution in [-0.4, -0.2) is 18.3 Å². The number of aldehydes is 1. The van der Waals surface area contributed by atoms with Crippen LogP contribution in [0.3, 0.4) is 0 Å². The van der Waals surface area contributed by atoms with Crippen LogP contribution in [-0.2, 0) is 10.2 Å². The Balaban J connectivity index is 0.000000197. The lowest BCUT2D eigenvalue weighted by molar-refractivity contribution is -0.112. The summed E-state index contributed by atoms with van der Waals surface area (Å²) in [5.41, 5.74) is 3.22. The molecule has 1 fully saturated rings. The van der Waals surface area contributed by atoms with Crippen molar-refractivity contribution in [3.63, 3.8) is 0 Å². The zero-order chi connectivity index (χ0) is 19.5. The number of aromatic nitrogens is 1. The number of nitrogens with one attached hydrogen (secondary N) is 1. The highest BCUT2D eigenvalue weighted by molar-refractivity contribution is 7.15. The minimum Gasteiger partial charge on any atom is -0.365 e. The van der Waals surface area contributed by atoms with Crippen molar-refractivity contribution in [1.82, 2.24) is 4.98 Å². The lowest BCUT2D eigenvalue weighted by Gasteiger charge is -2.21. The predicted molar refractivity (Wildman–Crippen MR) is 114 cm³/mol. The van der Waals surface area contributed by atoms with E-state index < -0.39 is 0 Å².